The molecule has 0 amide bonds. The summed E-state index contributed by atoms with van der Waals surface area (Å²) in [5.41, 5.74) is 0.0785. The Balaban J connectivity index is 2.38. The highest BCUT2D eigenvalue weighted by atomic mass is 79.9. The zero-order chi connectivity index (χ0) is 13.5. The van der Waals surface area contributed by atoms with E-state index in [2.05, 4.69) is 28.2 Å². The molecule has 1 atom stereocenters. The molecule has 0 aliphatic carbocycles. The van der Waals surface area contributed by atoms with E-state index in [1.54, 1.807) is 0 Å². The zero-order valence-electron chi connectivity index (χ0n) is 10.3. The van der Waals surface area contributed by atoms with Gasteiger partial charge in [0.05, 0.1) is 4.47 Å². The maximum Gasteiger partial charge on any atom is 0.144 e. The van der Waals surface area contributed by atoms with Gasteiger partial charge in [0.1, 0.15) is 11.6 Å². The highest BCUT2D eigenvalue weighted by Crippen LogP contribution is 2.21. The molecule has 0 bridgehead atoms. The van der Waals surface area contributed by atoms with E-state index in [0.29, 0.717) is 11.8 Å². The summed E-state index contributed by atoms with van der Waals surface area (Å²) in [5.74, 6) is 0.0799. The summed E-state index contributed by atoms with van der Waals surface area (Å²) in [6.45, 7) is 3.01. The summed E-state index contributed by atoms with van der Waals surface area (Å²) in [5, 5.41) is 3.05. The Morgan fingerprint density at radius 3 is 2.78 bits per heavy atom. The van der Waals surface area contributed by atoms with E-state index >= 15 is 0 Å². The molecule has 0 fully saturated rings. The summed E-state index contributed by atoms with van der Waals surface area (Å²) >= 11 is 8.74. The van der Waals surface area contributed by atoms with Crippen molar-refractivity contribution >= 4 is 27.5 Å². The van der Waals surface area contributed by atoms with Gasteiger partial charge in [-0.2, -0.15) is 0 Å². The van der Waals surface area contributed by atoms with Crippen LogP contribution in [0, 0.1) is 17.6 Å². The highest BCUT2D eigenvalue weighted by Gasteiger charge is 2.11. The van der Waals surface area contributed by atoms with E-state index in [1.165, 1.54) is 12.1 Å². The molecule has 0 aromatic heterocycles. The van der Waals surface area contributed by atoms with Crippen LogP contribution >= 0.6 is 27.5 Å². The van der Waals surface area contributed by atoms with Gasteiger partial charge in [0.15, 0.2) is 0 Å². The van der Waals surface area contributed by atoms with Gasteiger partial charge in [0.25, 0.3) is 0 Å². The van der Waals surface area contributed by atoms with Crippen LogP contribution in [0.5, 0.6) is 0 Å². The Morgan fingerprint density at radius 2 is 2.11 bits per heavy atom. The van der Waals surface area contributed by atoms with Crippen LogP contribution in [0.1, 0.15) is 25.3 Å². The zero-order valence-corrected chi connectivity index (χ0v) is 12.6. The summed E-state index contributed by atoms with van der Waals surface area (Å²) < 4.78 is 27.3. The average molecular weight is 341 g/mol. The Bertz CT molecular complexity index is 387. The number of nitrogens with one attached hydrogen (secondary N) is 1. The van der Waals surface area contributed by atoms with Gasteiger partial charge in [-0.3, -0.25) is 0 Å². The van der Waals surface area contributed by atoms with E-state index in [-0.39, 0.29) is 16.6 Å². The molecule has 1 aromatic rings. The van der Waals surface area contributed by atoms with Crippen molar-refractivity contribution < 1.29 is 8.78 Å². The van der Waals surface area contributed by atoms with Crippen LogP contribution in [0.2, 0.25) is 0 Å². The largest absolute Gasteiger partial charge is 0.312 e. The van der Waals surface area contributed by atoms with E-state index in [0.717, 1.165) is 19.4 Å². The summed E-state index contributed by atoms with van der Waals surface area (Å²) in [4.78, 5) is 0. The van der Waals surface area contributed by atoms with Gasteiger partial charge in [0, 0.05) is 18.0 Å². The molecule has 0 heterocycles. The molecule has 5 heteroatoms. The lowest BCUT2D eigenvalue weighted by atomic mass is 10.1. The fourth-order valence-electron chi connectivity index (χ4n) is 1.60. The molecule has 1 N–H and O–H groups in total. The third kappa shape index (κ3) is 4.82. The minimum atomic E-state index is -0.531. The van der Waals surface area contributed by atoms with Crippen molar-refractivity contribution in [2.75, 3.05) is 12.4 Å². The minimum Gasteiger partial charge on any atom is -0.312 e. The number of alkyl halides is 1. The fourth-order valence-corrected chi connectivity index (χ4v) is 2.12. The van der Waals surface area contributed by atoms with Gasteiger partial charge in [0.2, 0.25) is 0 Å². The third-order valence-electron chi connectivity index (χ3n) is 2.75. The number of rotatable bonds is 7. The normalized spacial score (nSPS) is 12.7. The molecule has 18 heavy (non-hydrogen) atoms. The molecule has 0 saturated carbocycles. The molecule has 102 valence electrons. The second-order valence-corrected chi connectivity index (χ2v) is 5.56. The lowest BCUT2D eigenvalue weighted by Gasteiger charge is -2.10. The Hall–Kier alpha value is -0.190. The molecular formula is C13H17BrClF2N. The smallest absolute Gasteiger partial charge is 0.144 e. The second kappa shape index (κ2) is 8.08. The standard InChI is InChI=1S/C13H17BrClF2N/c1-9(7-15)3-2-6-18-8-10-12(16)5-4-11(14)13(10)17/h4-5,9,18H,2-3,6-8H2,1H3. The first-order chi connectivity index (χ1) is 8.56. The van der Waals surface area contributed by atoms with Crippen molar-refractivity contribution in [2.24, 2.45) is 5.92 Å². The Morgan fingerprint density at radius 1 is 1.39 bits per heavy atom. The molecule has 1 unspecified atom stereocenters. The molecule has 1 nitrogen and oxygen atoms in total. The van der Waals surface area contributed by atoms with Crippen molar-refractivity contribution in [1.82, 2.24) is 5.32 Å². The van der Waals surface area contributed by atoms with Gasteiger partial charge in [-0.25, -0.2) is 8.78 Å². The molecule has 0 aliphatic rings. The average Bonchev–Trinajstić information content (AvgIpc) is 2.37. The number of hydrogen-bond donors (Lipinski definition) is 1. The van der Waals surface area contributed by atoms with Crippen molar-refractivity contribution in [3.63, 3.8) is 0 Å². The van der Waals surface area contributed by atoms with Crippen molar-refractivity contribution in [3.05, 3.63) is 33.8 Å². The first-order valence-electron chi connectivity index (χ1n) is 5.95. The lowest BCUT2D eigenvalue weighted by Crippen LogP contribution is -2.17. The van der Waals surface area contributed by atoms with Gasteiger partial charge in [-0.15, -0.1) is 11.6 Å². The van der Waals surface area contributed by atoms with E-state index in [9.17, 15) is 8.78 Å². The Labute approximate surface area is 120 Å². The van der Waals surface area contributed by atoms with E-state index in [4.69, 9.17) is 11.6 Å². The summed E-state index contributed by atoms with van der Waals surface area (Å²) in [6.07, 6.45) is 1.96. The van der Waals surface area contributed by atoms with Gasteiger partial charge >= 0.3 is 0 Å². The van der Waals surface area contributed by atoms with Gasteiger partial charge in [-0.05, 0) is 53.4 Å². The number of halogens is 4. The van der Waals surface area contributed by atoms with E-state index in [1.807, 2.05) is 0 Å². The molecule has 0 saturated heterocycles. The van der Waals surface area contributed by atoms with Crippen molar-refractivity contribution in [1.29, 1.82) is 0 Å². The van der Waals surface area contributed by atoms with Crippen LogP contribution in [-0.2, 0) is 6.54 Å². The first kappa shape index (κ1) is 15.9. The molecule has 0 spiro atoms. The molecular weight excluding hydrogens is 324 g/mol. The SMILES string of the molecule is CC(CCl)CCCNCc1c(F)ccc(Br)c1F. The molecule has 0 aliphatic heterocycles. The third-order valence-corrected chi connectivity index (χ3v) is 3.89. The summed E-state index contributed by atoms with van der Waals surface area (Å²) in [7, 11) is 0. The maximum absolute atomic E-state index is 13.6. The summed E-state index contributed by atoms with van der Waals surface area (Å²) in [6, 6.07) is 2.63. The number of benzene rings is 1. The monoisotopic (exact) mass is 339 g/mol. The van der Waals surface area contributed by atoms with Crippen LogP contribution < -0.4 is 5.32 Å². The van der Waals surface area contributed by atoms with Crippen LogP contribution in [0.15, 0.2) is 16.6 Å². The quantitative estimate of drug-likeness (QED) is 0.438. The predicted octanol–water partition coefficient (Wildman–Crippen LogP) is 4.47. The van der Waals surface area contributed by atoms with Crippen LogP contribution in [0.3, 0.4) is 0 Å². The Kier molecular flexibility index (Phi) is 7.12. The minimum absolute atomic E-state index is 0.0785. The molecule has 1 rings (SSSR count). The fraction of sp³-hybridized carbons (Fsp3) is 0.538. The maximum atomic E-state index is 13.6. The van der Waals surface area contributed by atoms with Crippen LogP contribution in [0.4, 0.5) is 8.78 Å². The lowest BCUT2D eigenvalue weighted by molar-refractivity contribution is 0.506. The predicted molar refractivity (Wildman–Crippen MR) is 74.9 cm³/mol. The molecule has 1 aromatic carbocycles. The molecule has 0 radical (unpaired) electrons. The highest BCUT2D eigenvalue weighted by molar-refractivity contribution is 9.10. The van der Waals surface area contributed by atoms with Crippen molar-refractivity contribution in [3.8, 4) is 0 Å². The van der Waals surface area contributed by atoms with Crippen LogP contribution in [0.25, 0.3) is 0 Å². The van der Waals surface area contributed by atoms with Gasteiger partial charge in [-0.1, -0.05) is 6.92 Å². The number of hydrogen-bond acceptors (Lipinski definition) is 1. The second-order valence-electron chi connectivity index (χ2n) is 4.40. The van der Waals surface area contributed by atoms with Crippen LogP contribution in [-0.4, -0.2) is 12.4 Å². The van der Waals surface area contributed by atoms with Crippen molar-refractivity contribution in [2.45, 2.75) is 26.3 Å². The topological polar surface area (TPSA) is 12.0 Å². The first-order valence-corrected chi connectivity index (χ1v) is 7.28. The van der Waals surface area contributed by atoms with Gasteiger partial charge < -0.3 is 5.32 Å². The van der Waals surface area contributed by atoms with E-state index < -0.39 is 11.6 Å².